The van der Waals surface area contributed by atoms with Gasteiger partial charge in [0.1, 0.15) is 0 Å². The molecular weight excluding hydrogens is 440 g/mol. The largest absolute Gasteiger partial charge is 0.396 e. The van der Waals surface area contributed by atoms with Gasteiger partial charge < -0.3 is 52.5 Å². The second-order valence-corrected chi connectivity index (χ2v) is 6.58. The van der Waals surface area contributed by atoms with Crippen molar-refractivity contribution in [1.29, 1.82) is 0 Å². The molecule has 0 atom stereocenters. The van der Waals surface area contributed by atoms with Crippen LogP contribution in [0.4, 0.5) is 0 Å². The van der Waals surface area contributed by atoms with Crippen molar-refractivity contribution in [3.8, 4) is 0 Å². The molecule has 0 aliphatic rings. The number of hydrogen-bond donors (Lipinski definition) is 1. The Bertz CT molecular complexity index is 307. The van der Waals surface area contributed by atoms with Crippen molar-refractivity contribution >= 4 is 0 Å². The van der Waals surface area contributed by atoms with E-state index in [4.69, 9.17) is 52.5 Å². The van der Waals surface area contributed by atoms with E-state index < -0.39 is 0 Å². The Kier molecular flexibility index (Phi) is 31.1. The predicted octanol–water partition coefficient (Wildman–Crippen LogP) is 0.165. The Morgan fingerprint density at radius 1 is 0.333 bits per heavy atom. The maximum atomic E-state index is 8.61. The number of hydrogen-bond acceptors (Lipinski definition) is 11. The average Bonchev–Trinajstić information content (AvgIpc) is 2.83. The fourth-order valence-electron chi connectivity index (χ4n) is 2.17. The first-order valence-corrected chi connectivity index (χ1v) is 11.7. The highest BCUT2D eigenvalue weighted by Gasteiger charge is 1.95. The summed E-state index contributed by atoms with van der Waals surface area (Å²) < 4.78 is 53.2. The molecule has 0 radical (unpaired) electrons. The normalized spacial score (nSPS) is 11.5. The maximum absolute atomic E-state index is 8.61. The molecule has 0 amide bonds. The van der Waals surface area contributed by atoms with Crippen LogP contribution in [-0.4, -0.2) is 144 Å². The summed E-state index contributed by atoms with van der Waals surface area (Å²) in [5.41, 5.74) is 0. The van der Waals surface area contributed by atoms with Gasteiger partial charge in [0.25, 0.3) is 0 Å². The summed E-state index contributed by atoms with van der Waals surface area (Å²) in [6.07, 6.45) is 0.655. The molecule has 0 fully saturated rings. The van der Waals surface area contributed by atoms with Crippen molar-refractivity contribution in [3.05, 3.63) is 0 Å². The van der Waals surface area contributed by atoms with Crippen LogP contribution in [0.2, 0.25) is 0 Å². The van der Waals surface area contributed by atoms with E-state index in [0.29, 0.717) is 132 Å². The monoisotopic (exact) mass is 486 g/mol. The van der Waals surface area contributed by atoms with E-state index in [9.17, 15) is 0 Å². The molecule has 0 unspecified atom stereocenters. The van der Waals surface area contributed by atoms with Crippen LogP contribution in [-0.2, 0) is 47.4 Å². The van der Waals surface area contributed by atoms with Crippen LogP contribution in [0.3, 0.4) is 0 Å². The van der Waals surface area contributed by atoms with E-state index in [-0.39, 0.29) is 6.61 Å². The van der Waals surface area contributed by atoms with Crippen molar-refractivity contribution in [2.45, 2.75) is 6.42 Å². The Hall–Kier alpha value is -0.440. The van der Waals surface area contributed by atoms with Gasteiger partial charge >= 0.3 is 0 Å². The molecule has 0 aromatic rings. The third kappa shape index (κ3) is 31.6. The molecule has 0 rings (SSSR count). The SMILES string of the molecule is COCCOCCOCCOCCOCCOCCOCCOCCOCCOCCCO. The highest BCUT2D eigenvalue weighted by atomic mass is 16.6. The highest BCUT2D eigenvalue weighted by molar-refractivity contribution is 4.38. The zero-order valence-electron chi connectivity index (χ0n) is 20.4. The van der Waals surface area contributed by atoms with Gasteiger partial charge in [0.15, 0.2) is 0 Å². The Balaban J connectivity index is 2.99. The summed E-state index contributed by atoms with van der Waals surface area (Å²) in [5.74, 6) is 0. The summed E-state index contributed by atoms with van der Waals surface area (Å²) in [6.45, 7) is 10.4. The third-order valence-electron chi connectivity index (χ3n) is 3.85. The zero-order chi connectivity index (χ0) is 23.9. The Morgan fingerprint density at radius 3 is 0.758 bits per heavy atom. The van der Waals surface area contributed by atoms with Crippen LogP contribution in [0.5, 0.6) is 0 Å². The minimum Gasteiger partial charge on any atom is -0.396 e. The minimum absolute atomic E-state index is 0.152. The molecular formula is C22H46O11. The van der Waals surface area contributed by atoms with Crippen LogP contribution in [0.15, 0.2) is 0 Å². The first-order chi connectivity index (χ1) is 16.4. The molecule has 33 heavy (non-hydrogen) atoms. The summed E-state index contributed by atoms with van der Waals surface area (Å²) >= 11 is 0. The molecule has 0 saturated heterocycles. The maximum Gasteiger partial charge on any atom is 0.0701 e. The fourth-order valence-corrected chi connectivity index (χ4v) is 2.17. The number of aliphatic hydroxyl groups is 1. The quantitative estimate of drug-likeness (QED) is 0.140. The van der Waals surface area contributed by atoms with Gasteiger partial charge in [-0.15, -0.1) is 0 Å². The van der Waals surface area contributed by atoms with Crippen molar-refractivity contribution in [1.82, 2.24) is 0 Å². The minimum atomic E-state index is 0.152. The van der Waals surface area contributed by atoms with Crippen molar-refractivity contribution < 1.29 is 52.5 Å². The lowest BCUT2D eigenvalue weighted by Gasteiger charge is -2.08. The van der Waals surface area contributed by atoms with Gasteiger partial charge in [0.05, 0.1) is 119 Å². The lowest BCUT2D eigenvalue weighted by Crippen LogP contribution is -2.15. The van der Waals surface area contributed by atoms with E-state index in [1.807, 2.05) is 0 Å². The van der Waals surface area contributed by atoms with Gasteiger partial charge in [-0.05, 0) is 6.42 Å². The Morgan fingerprint density at radius 2 is 0.545 bits per heavy atom. The Labute approximate surface area is 198 Å². The molecule has 0 aliphatic heterocycles. The second kappa shape index (κ2) is 31.6. The molecule has 0 aromatic heterocycles. The molecule has 0 aromatic carbocycles. The standard InChI is InChI=1S/C22H46O11/c1-24-5-6-26-9-10-28-13-14-30-17-18-32-21-22-33-20-19-31-16-15-29-12-11-27-8-7-25-4-2-3-23/h23H,2-22H2,1H3. The summed E-state index contributed by atoms with van der Waals surface area (Å²) in [6, 6.07) is 0. The number of rotatable bonds is 30. The molecule has 0 spiro atoms. The van der Waals surface area contributed by atoms with Gasteiger partial charge in [-0.1, -0.05) is 0 Å². The number of aliphatic hydroxyl groups excluding tert-OH is 1. The van der Waals surface area contributed by atoms with Crippen LogP contribution in [0.1, 0.15) is 6.42 Å². The molecule has 11 heteroatoms. The van der Waals surface area contributed by atoms with Gasteiger partial charge in [-0.3, -0.25) is 0 Å². The second-order valence-electron chi connectivity index (χ2n) is 6.58. The molecule has 11 nitrogen and oxygen atoms in total. The average molecular weight is 487 g/mol. The first-order valence-electron chi connectivity index (χ1n) is 11.7. The fraction of sp³-hybridized carbons (Fsp3) is 1.00. The van der Waals surface area contributed by atoms with E-state index in [2.05, 4.69) is 0 Å². The summed E-state index contributed by atoms with van der Waals surface area (Å²) in [5, 5.41) is 8.61. The van der Waals surface area contributed by atoms with Crippen LogP contribution >= 0.6 is 0 Å². The van der Waals surface area contributed by atoms with Crippen LogP contribution in [0.25, 0.3) is 0 Å². The number of methoxy groups -OCH3 is 1. The third-order valence-corrected chi connectivity index (χ3v) is 3.85. The summed E-state index contributed by atoms with van der Waals surface area (Å²) in [7, 11) is 1.64. The van der Waals surface area contributed by atoms with Gasteiger partial charge in [0.2, 0.25) is 0 Å². The first kappa shape index (κ1) is 32.6. The topological polar surface area (TPSA) is 113 Å². The van der Waals surface area contributed by atoms with Gasteiger partial charge in [-0.2, -0.15) is 0 Å². The predicted molar refractivity (Wildman–Crippen MR) is 121 cm³/mol. The molecule has 0 bridgehead atoms. The molecule has 0 saturated carbocycles. The van der Waals surface area contributed by atoms with Crippen molar-refractivity contribution in [2.75, 3.05) is 139 Å². The van der Waals surface area contributed by atoms with Crippen LogP contribution < -0.4 is 0 Å². The van der Waals surface area contributed by atoms with Crippen molar-refractivity contribution in [2.24, 2.45) is 0 Å². The van der Waals surface area contributed by atoms with E-state index >= 15 is 0 Å². The van der Waals surface area contributed by atoms with E-state index in [0.717, 1.165) is 0 Å². The smallest absolute Gasteiger partial charge is 0.0701 e. The van der Waals surface area contributed by atoms with Gasteiger partial charge in [0, 0.05) is 20.3 Å². The van der Waals surface area contributed by atoms with Gasteiger partial charge in [-0.25, -0.2) is 0 Å². The molecule has 200 valence electrons. The van der Waals surface area contributed by atoms with Crippen LogP contribution in [0, 0.1) is 0 Å². The molecule has 0 heterocycles. The number of ether oxygens (including phenoxy) is 10. The lowest BCUT2D eigenvalue weighted by molar-refractivity contribution is -0.0260. The molecule has 0 aliphatic carbocycles. The zero-order valence-corrected chi connectivity index (χ0v) is 20.4. The highest BCUT2D eigenvalue weighted by Crippen LogP contribution is 1.86. The van der Waals surface area contributed by atoms with Crippen molar-refractivity contribution in [3.63, 3.8) is 0 Å². The summed E-state index contributed by atoms with van der Waals surface area (Å²) in [4.78, 5) is 0. The molecule has 1 N–H and O–H groups in total. The van der Waals surface area contributed by atoms with E-state index in [1.54, 1.807) is 7.11 Å². The lowest BCUT2D eigenvalue weighted by atomic mass is 10.5. The van der Waals surface area contributed by atoms with E-state index in [1.165, 1.54) is 0 Å².